The van der Waals surface area contributed by atoms with E-state index in [9.17, 15) is 9.90 Å². The maximum atomic E-state index is 11.4. The molecule has 0 bridgehead atoms. The van der Waals surface area contributed by atoms with Crippen molar-refractivity contribution in [3.63, 3.8) is 0 Å². The van der Waals surface area contributed by atoms with E-state index in [-0.39, 0.29) is 11.9 Å². The monoisotopic (exact) mass is 233 g/mol. The molecule has 0 unspecified atom stereocenters. The van der Waals surface area contributed by atoms with Crippen LogP contribution in [0.5, 0.6) is 0 Å². The molecule has 0 aromatic heterocycles. The first-order valence-corrected chi connectivity index (χ1v) is 6.24. The van der Waals surface area contributed by atoms with Crippen molar-refractivity contribution in [2.75, 3.05) is 11.9 Å². The molecule has 1 aliphatic rings. The Labute approximate surface area is 102 Å². The Morgan fingerprint density at radius 2 is 2.00 bits per heavy atom. The van der Waals surface area contributed by atoms with Gasteiger partial charge in [0.15, 0.2) is 5.78 Å². The van der Waals surface area contributed by atoms with Crippen molar-refractivity contribution >= 4 is 11.5 Å². The van der Waals surface area contributed by atoms with Gasteiger partial charge in [-0.15, -0.1) is 0 Å². The molecule has 1 aromatic carbocycles. The lowest BCUT2D eigenvalue weighted by Gasteiger charge is -2.31. The van der Waals surface area contributed by atoms with Crippen LogP contribution >= 0.6 is 0 Å². The molecular weight excluding hydrogens is 214 g/mol. The summed E-state index contributed by atoms with van der Waals surface area (Å²) in [5, 5.41) is 12.5. The normalized spacial score (nSPS) is 22.9. The van der Waals surface area contributed by atoms with Crippen LogP contribution in [0.2, 0.25) is 0 Å². The summed E-state index contributed by atoms with van der Waals surface area (Å²) in [5.41, 5.74) is 1.82. The first-order valence-electron chi connectivity index (χ1n) is 6.24. The van der Waals surface area contributed by atoms with Crippen LogP contribution in [0.3, 0.4) is 0 Å². The Kier molecular flexibility index (Phi) is 3.79. The zero-order chi connectivity index (χ0) is 12.3. The van der Waals surface area contributed by atoms with Gasteiger partial charge in [0.25, 0.3) is 0 Å². The van der Waals surface area contributed by atoms with Gasteiger partial charge in [0.05, 0.1) is 6.10 Å². The van der Waals surface area contributed by atoms with Crippen molar-refractivity contribution in [2.24, 2.45) is 5.92 Å². The standard InChI is InChI=1S/C14H19NO2/c1-2-14(17)11-3-5-12(6-4-11)15-9-10-7-13(16)8-10/h3-6,10,13,15-16H,2,7-9H2,1H3. The Morgan fingerprint density at radius 3 is 2.53 bits per heavy atom. The molecule has 0 aliphatic heterocycles. The predicted octanol–water partition coefficient (Wildman–Crippen LogP) is 2.46. The molecule has 0 atom stereocenters. The van der Waals surface area contributed by atoms with Crippen LogP contribution < -0.4 is 5.32 Å². The molecule has 1 aromatic rings. The van der Waals surface area contributed by atoms with E-state index in [2.05, 4.69) is 5.32 Å². The average Bonchev–Trinajstić information content (AvgIpc) is 2.33. The molecule has 2 N–H and O–H groups in total. The van der Waals surface area contributed by atoms with Crippen LogP contribution in [0.1, 0.15) is 36.5 Å². The number of Topliss-reactive ketones (excluding diaryl/α,β-unsaturated/α-hetero) is 1. The number of hydrogen-bond donors (Lipinski definition) is 2. The molecule has 1 fully saturated rings. The summed E-state index contributed by atoms with van der Waals surface area (Å²) in [6.45, 7) is 2.77. The fourth-order valence-electron chi connectivity index (χ4n) is 2.11. The lowest BCUT2D eigenvalue weighted by Crippen LogP contribution is -2.33. The molecule has 0 radical (unpaired) electrons. The van der Waals surface area contributed by atoms with E-state index in [0.29, 0.717) is 12.3 Å². The maximum Gasteiger partial charge on any atom is 0.162 e. The van der Waals surface area contributed by atoms with Crippen LogP contribution in [-0.4, -0.2) is 23.5 Å². The smallest absolute Gasteiger partial charge is 0.162 e. The van der Waals surface area contributed by atoms with Crippen molar-refractivity contribution in [2.45, 2.75) is 32.3 Å². The second-order valence-electron chi connectivity index (χ2n) is 4.73. The number of aliphatic hydroxyl groups is 1. The van der Waals surface area contributed by atoms with E-state index < -0.39 is 0 Å². The van der Waals surface area contributed by atoms with Crippen molar-refractivity contribution in [3.05, 3.63) is 29.8 Å². The molecule has 0 heterocycles. The highest BCUT2D eigenvalue weighted by atomic mass is 16.3. The predicted molar refractivity (Wildman–Crippen MR) is 68.3 cm³/mol. The summed E-state index contributed by atoms with van der Waals surface area (Å²) in [7, 11) is 0. The molecule has 1 aliphatic carbocycles. The van der Waals surface area contributed by atoms with E-state index >= 15 is 0 Å². The second kappa shape index (κ2) is 5.32. The van der Waals surface area contributed by atoms with E-state index in [1.54, 1.807) is 0 Å². The molecule has 0 spiro atoms. The highest BCUT2D eigenvalue weighted by Crippen LogP contribution is 2.27. The fourth-order valence-corrected chi connectivity index (χ4v) is 2.11. The Balaban J connectivity index is 1.83. The third-order valence-electron chi connectivity index (χ3n) is 3.33. The van der Waals surface area contributed by atoms with Gasteiger partial charge in [-0.25, -0.2) is 0 Å². The Bertz CT molecular complexity index is 380. The summed E-state index contributed by atoms with van der Waals surface area (Å²) < 4.78 is 0. The van der Waals surface area contributed by atoms with Gasteiger partial charge in [0.1, 0.15) is 0 Å². The minimum atomic E-state index is -0.0913. The second-order valence-corrected chi connectivity index (χ2v) is 4.73. The van der Waals surface area contributed by atoms with Gasteiger partial charge in [0, 0.05) is 24.2 Å². The number of nitrogens with one attached hydrogen (secondary N) is 1. The molecule has 1 saturated carbocycles. The van der Waals surface area contributed by atoms with Crippen LogP contribution in [0.25, 0.3) is 0 Å². The number of carbonyl (C=O) groups excluding carboxylic acids is 1. The summed E-state index contributed by atoms with van der Waals surface area (Å²) in [5.74, 6) is 0.764. The van der Waals surface area contributed by atoms with Gasteiger partial charge in [0.2, 0.25) is 0 Å². The van der Waals surface area contributed by atoms with Gasteiger partial charge in [-0.05, 0) is 43.0 Å². The molecule has 92 valence electrons. The van der Waals surface area contributed by atoms with Crippen molar-refractivity contribution in [1.29, 1.82) is 0 Å². The minimum absolute atomic E-state index is 0.0913. The van der Waals surface area contributed by atoms with Gasteiger partial charge in [-0.3, -0.25) is 4.79 Å². The summed E-state index contributed by atoms with van der Waals surface area (Å²) in [6, 6.07) is 7.61. The zero-order valence-electron chi connectivity index (χ0n) is 10.1. The molecule has 0 saturated heterocycles. The summed E-state index contributed by atoms with van der Waals surface area (Å²) in [6.07, 6.45) is 2.26. The molecule has 0 amide bonds. The quantitative estimate of drug-likeness (QED) is 0.768. The first-order chi connectivity index (χ1) is 8.19. The maximum absolute atomic E-state index is 11.4. The molecular formula is C14H19NO2. The third kappa shape index (κ3) is 3.07. The van der Waals surface area contributed by atoms with Crippen LogP contribution in [-0.2, 0) is 0 Å². The Hall–Kier alpha value is -1.35. The Morgan fingerprint density at radius 1 is 1.35 bits per heavy atom. The average molecular weight is 233 g/mol. The van der Waals surface area contributed by atoms with Crippen molar-refractivity contribution < 1.29 is 9.90 Å². The SMILES string of the molecule is CCC(=O)c1ccc(NCC2CC(O)C2)cc1. The number of aliphatic hydroxyl groups excluding tert-OH is 1. The molecule has 2 rings (SSSR count). The minimum Gasteiger partial charge on any atom is -0.393 e. The van der Waals surface area contributed by atoms with E-state index in [1.165, 1.54) is 0 Å². The summed E-state index contributed by atoms with van der Waals surface area (Å²) >= 11 is 0. The fraction of sp³-hybridized carbons (Fsp3) is 0.500. The number of rotatable bonds is 5. The molecule has 3 nitrogen and oxygen atoms in total. The van der Waals surface area contributed by atoms with Gasteiger partial charge >= 0.3 is 0 Å². The van der Waals surface area contributed by atoms with Crippen molar-refractivity contribution in [1.82, 2.24) is 0 Å². The number of ketones is 1. The van der Waals surface area contributed by atoms with Gasteiger partial charge in [-0.1, -0.05) is 6.92 Å². The van der Waals surface area contributed by atoms with Crippen LogP contribution in [0.4, 0.5) is 5.69 Å². The number of carbonyl (C=O) groups is 1. The lowest BCUT2D eigenvalue weighted by atomic mass is 9.82. The molecule has 17 heavy (non-hydrogen) atoms. The van der Waals surface area contributed by atoms with Gasteiger partial charge in [-0.2, -0.15) is 0 Å². The zero-order valence-corrected chi connectivity index (χ0v) is 10.1. The highest BCUT2D eigenvalue weighted by Gasteiger charge is 2.26. The van der Waals surface area contributed by atoms with Crippen LogP contribution in [0.15, 0.2) is 24.3 Å². The van der Waals surface area contributed by atoms with E-state index in [1.807, 2.05) is 31.2 Å². The highest BCUT2D eigenvalue weighted by molar-refractivity contribution is 5.96. The number of hydrogen-bond acceptors (Lipinski definition) is 3. The summed E-state index contributed by atoms with van der Waals surface area (Å²) in [4.78, 5) is 11.4. The van der Waals surface area contributed by atoms with E-state index in [0.717, 1.165) is 30.6 Å². The third-order valence-corrected chi connectivity index (χ3v) is 3.33. The van der Waals surface area contributed by atoms with Crippen molar-refractivity contribution in [3.8, 4) is 0 Å². The number of benzene rings is 1. The topological polar surface area (TPSA) is 49.3 Å². The molecule has 3 heteroatoms. The largest absolute Gasteiger partial charge is 0.393 e. The number of anilines is 1. The lowest BCUT2D eigenvalue weighted by molar-refractivity contribution is 0.0487. The van der Waals surface area contributed by atoms with Crippen LogP contribution in [0, 0.1) is 5.92 Å². The van der Waals surface area contributed by atoms with Gasteiger partial charge < -0.3 is 10.4 Å². The van der Waals surface area contributed by atoms with E-state index in [4.69, 9.17) is 0 Å². The first kappa shape index (κ1) is 12.1.